The summed E-state index contributed by atoms with van der Waals surface area (Å²) < 4.78 is 11.7. The van der Waals surface area contributed by atoms with Crippen molar-refractivity contribution in [1.82, 2.24) is 19.9 Å². The highest BCUT2D eigenvalue weighted by atomic mass is 16.7. The highest BCUT2D eigenvalue weighted by molar-refractivity contribution is 5.67. The SMILES string of the molecule is c1cncc(-c2cc(N3CCC4(CC3)OCCO4)nc(-c3cccnc3)n2)c1. The molecule has 0 aromatic carbocycles. The van der Waals surface area contributed by atoms with E-state index in [4.69, 9.17) is 19.4 Å². The van der Waals surface area contributed by atoms with Crippen molar-refractivity contribution in [3.05, 3.63) is 55.1 Å². The first-order valence-electron chi connectivity index (χ1n) is 9.54. The molecule has 0 saturated carbocycles. The molecule has 7 nitrogen and oxygen atoms in total. The van der Waals surface area contributed by atoms with E-state index in [-0.39, 0.29) is 0 Å². The van der Waals surface area contributed by atoms with E-state index in [2.05, 4.69) is 14.9 Å². The molecule has 28 heavy (non-hydrogen) atoms. The molecule has 0 amide bonds. The molecule has 0 bridgehead atoms. The smallest absolute Gasteiger partial charge is 0.171 e. The van der Waals surface area contributed by atoms with Crippen molar-refractivity contribution in [3.63, 3.8) is 0 Å². The highest BCUT2D eigenvalue weighted by Gasteiger charge is 2.40. The van der Waals surface area contributed by atoms with Crippen molar-refractivity contribution in [2.24, 2.45) is 0 Å². The van der Waals surface area contributed by atoms with Gasteiger partial charge in [0.2, 0.25) is 0 Å². The number of piperidine rings is 1. The Morgan fingerprint density at radius 1 is 0.857 bits per heavy atom. The van der Waals surface area contributed by atoms with Crippen LogP contribution in [0.25, 0.3) is 22.6 Å². The summed E-state index contributed by atoms with van der Waals surface area (Å²) in [4.78, 5) is 20.3. The zero-order valence-electron chi connectivity index (χ0n) is 15.5. The summed E-state index contributed by atoms with van der Waals surface area (Å²) in [6, 6.07) is 9.84. The molecule has 0 atom stereocenters. The normalized spacial score (nSPS) is 18.5. The fourth-order valence-corrected chi connectivity index (χ4v) is 3.74. The minimum absolute atomic E-state index is 0.401. The van der Waals surface area contributed by atoms with Gasteiger partial charge in [-0.25, -0.2) is 9.97 Å². The predicted octanol–water partition coefficient (Wildman–Crippen LogP) is 2.94. The summed E-state index contributed by atoms with van der Waals surface area (Å²) >= 11 is 0. The minimum Gasteiger partial charge on any atom is -0.356 e. The van der Waals surface area contributed by atoms with E-state index in [1.54, 1.807) is 18.6 Å². The highest BCUT2D eigenvalue weighted by Crippen LogP contribution is 2.34. The van der Waals surface area contributed by atoms with Crippen molar-refractivity contribution in [2.45, 2.75) is 18.6 Å². The van der Waals surface area contributed by atoms with E-state index < -0.39 is 5.79 Å². The monoisotopic (exact) mass is 375 g/mol. The molecule has 2 aliphatic heterocycles. The van der Waals surface area contributed by atoms with Gasteiger partial charge >= 0.3 is 0 Å². The van der Waals surface area contributed by atoms with E-state index in [0.29, 0.717) is 19.0 Å². The number of hydrogen-bond acceptors (Lipinski definition) is 7. The van der Waals surface area contributed by atoms with Crippen LogP contribution in [0.5, 0.6) is 0 Å². The number of anilines is 1. The van der Waals surface area contributed by atoms with Gasteiger partial charge in [-0.15, -0.1) is 0 Å². The summed E-state index contributed by atoms with van der Waals surface area (Å²) in [5.41, 5.74) is 2.71. The zero-order chi connectivity index (χ0) is 18.8. The molecular weight excluding hydrogens is 354 g/mol. The first kappa shape index (κ1) is 17.2. The number of rotatable bonds is 3. The molecule has 7 heteroatoms. The molecule has 2 saturated heterocycles. The maximum atomic E-state index is 5.85. The third-order valence-electron chi connectivity index (χ3n) is 5.25. The van der Waals surface area contributed by atoms with E-state index in [1.807, 2.05) is 36.5 Å². The third kappa shape index (κ3) is 3.34. The molecule has 0 radical (unpaired) electrons. The van der Waals surface area contributed by atoms with Gasteiger partial charge in [0.25, 0.3) is 0 Å². The molecule has 2 fully saturated rings. The van der Waals surface area contributed by atoms with Gasteiger partial charge < -0.3 is 14.4 Å². The van der Waals surface area contributed by atoms with Crippen LogP contribution in [0.2, 0.25) is 0 Å². The average molecular weight is 375 g/mol. The van der Waals surface area contributed by atoms with Crippen LogP contribution in [0.4, 0.5) is 5.82 Å². The number of aromatic nitrogens is 4. The first-order chi connectivity index (χ1) is 13.8. The topological polar surface area (TPSA) is 73.3 Å². The molecule has 3 aromatic heterocycles. The van der Waals surface area contributed by atoms with Gasteiger partial charge in [0.05, 0.1) is 18.9 Å². The van der Waals surface area contributed by atoms with Crippen LogP contribution in [0.1, 0.15) is 12.8 Å². The lowest BCUT2D eigenvalue weighted by Gasteiger charge is -2.38. The van der Waals surface area contributed by atoms with Crippen LogP contribution in [0, 0.1) is 0 Å². The molecule has 1 spiro atoms. The Labute approximate surface area is 163 Å². The van der Waals surface area contributed by atoms with E-state index in [0.717, 1.165) is 48.6 Å². The lowest BCUT2D eigenvalue weighted by molar-refractivity contribution is -0.169. The summed E-state index contributed by atoms with van der Waals surface area (Å²) in [7, 11) is 0. The van der Waals surface area contributed by atoms with Crippen LogP contribution >= 0.6 is 0 Å². The average Bonchev–Trinajstić information content (AvgIpc) is 3.23. The van der Waals surface area contributed by atoms with Gasteiger partial charge in [-0.05, 0) is 24.3 Å². The van der Waals surface area contributed by atoms with Gasteiger partial charge in [0.1, 0.15) is 5.82 Å². The molecule has 5 rings (SSSR count). The Hall–Kier alpha value is -2.90. The number of nitrogens with zero attached hydrogens (tertiary/aromatic N) is 5. The van der Waals surface area contributed by atoms with Crippen LogP contribution < -0.4 is 4.90 Å². The van der Waals surface area contributed by atoms with Crippen LogP contribution in [0.15, 0.2) is 55.1 Å². The van der Waals surface area contributed by atoms with E-state index in [9.17, 15) is 0 Å². The summed E-state index contributed by atoms with van der Waals surface area (Å²) in [5.74, 6) is 1.17. The Morgan fingerprint density at radius 3 is 2.18 bits per heavy atom. The number of hydrogen-bond donors (Lipinski definition) is 0. The lowest BCUT2D eigenvalue weighted by Crippen LogP contribution is -2.45. The molecule has 5 heterocycles. The molecule has 0 unspecified atom stereocenters. The van der Waals surface area contributed by atoms with Crippen molar-refractivity contribution in [1.29, 1.82) is 0 Å². The second-order valence-electron chi connectivity index (χ2n) is 7.01. The number of ether oxygens (including phenoxy) is 2. The standard InChI is InChI=1S/C21H21N5O2/c1-3-16(14-22-7-1)18-13-19(25-20(24-18)17-4-2-8-23-15-17)26-9-5-21(6-10-26)27-11-12-28-21/h1-4,7-8,13-15H,5-6,9-12H2. The second kappa shape index (κ2) is 7.26. The number of pyridine rings is 2. The van der Waals surface area contributed by atoms with Crippen molar-refractivity contribution in [3.8, 4) is 22.6 Å². The van der Waals surface area contributed by atoms with Crippen LogP contribution in [-0.2, 0) is 9.47 Å². The lowest BCUT2D eigenvalue weighted by atomic mass is 10.0. The Kier molecular flexibility index (Phi) is 4.46. The fraction of sp³-hybridized carbons (Fsp3) is 0.333. The second-order valence-corrected chi connectivity index (χ2v) is 7.01. The molecule has 2 aliphatic rings. The van der Waals surface area contributed by atoms with E-state index in [1.165, 1.54) is 0 Å². The van der Waals surface area contributed by atoms with Gasteiger partial charge in [0, 0.05) is 67.9 Å². The Balaban J connectivity index is 1.50. The maximum Gasteiger partial charge on any atom is 0.171 e. The quantitative estimate of drug-likeness (QED) is 0.697. The van der Waals surface area contributed by atoms with E-state index >= 15 is 0 Å². The van der Waals surface area contributed by atoms with Gasteiger partial charge in [0.15, 0.2) is 11.6 Å². The van der Waals surface area contributed by atoms with Crippen LogP contribution in [-0.4, -0.2) is 52.0 Å². The maximum absolute atomic E-state index is 5.85. The van der Waals surface area contributed by atoms with Crippen molar-refractivity contribution >= 4 is 5.82 Å². The fourth-order valence-electron chi connectivity index (χ4n) is 3.74. The molecule has 3 aromatic rings. The third-order valence-corrected chi connectivity index (χ3v) is 5.25. The zero-order valence-corrected chi connectivity index (χ0v) is 15.5. The molecule has 0 N–H and O–H groups in total. The Bertz CT molecular complexity index is 878. The van der Waals surface area contributed by atoms with Crippen molar-refractivity contribution < 1.29 is 9.47 Å². The summed E-state index contributed by atoms with van der Waals surface area (Å²) in [6.45, 7) is 3.03. The predicted molar refractivity (Wildman–Crippen MR) is 105 cm³/mol. The first-order valence-corrected chi connectivity index (χ1v) is 9.54. The molecule has 0 aliphatic carbocycles. The summed E-state index contributed by atoms with van der Waals surface area (Å²) in [5, 5.41) is 0. The largest absolute Gasteiger partial charge is 0.356 e. The van der Waals surface area contributed by atoms with Gasteiger partial charge in [-0.3, -0.25) is 9.97 Å². The summed E-state index contributed by atoms with van der Waals surface area (Å²) in [6.07, 6.45) is 8.80. The minimum atomic E-state index is -0.401. The van der Waals surface area contributed by atoms with Gasteiger partial charge in [-0.1, -0.05) is 0 Å². The van der Waals surface area contributed by atoms with Crippen molar-refractivity contribution in [2.75, 3.05) is 31.2 Å². The van der Waals surface area contributed by atoms with Crippen LogP contribution in [0.3, 0.4) is 0 Å². The molecule has 142 valence electrons. The Morgan fingerprint density at radius 2 is 1.54 bits per heavy atom. The van der Waals surface area contributed by atoms with Gasteiger partial charge in [-0.2, -0.15) is 0 Å². The molecular formula is C21H21N5O2.